The van der Waals surface area contributed by atoms with Gasteiger partial charge in [-0.2, -0.15) is 4.98 Å². The Kier molecular flexibility index (Phi) is 6.03. The average Bonchev–Trinajstić information content (AvgIpc) is 2.61. The molecule has 7 nitrogen and oxygen atoms in total. The Morgan fingerprint density at radius 2 is 1.85 bits per heavy atom. The van der Waals surface area contributed by atoms with E-state index in [9.17, 15) is 9.59 Å². The normalized spacial score (nSPS) is 14.9. The molecule has 3 rings (SSSR count). The smallest absolute Gasteiger partial charge is 0.346 e. The molecule has 0 spiro atoms. The van der Waals surface area contributed by atoms with Gasteiger partial charge >= 0.3 is 5.69 Å². The Bertz CT molecular complexity index is 862. The van der Waals surface area contributed by atoms with Crippen LogP contribution in [0.5, 0.6) is 0 Å². The van der Waals surface area contributed by atoms with Crippen molar-refractivity contribution in [3.63, 3.8) is 0 Å². The Morgan fingerprint density at radius 3 is 2.52 bits per heavy atom. The molecule has 144 valence electrons. The summed E-state index contributed by atoms with van der Waals surface area (Å²) >= 11 is 0. The number of ether oxygens (including phenoxy) is 1. The number of carbonyl (C=O) groups excluding carboxylic acids is 1. The molecule has 1 aliphatic heterocycles. The fourth-order valence-corrected chi connectivity index (χ4v) is 3.54. The average molecular weight is 370 g/mol. The van der Waals surface area contributed by atoms with Crippen molar-refractivity contribution < 1.29 is 9.53 Å². The maximum atomic E-state index is 12.5. The molecular weight excluding hydrogens is 344 g/mol. The molecule has 0 aliphatic carbocycles. The lowest BCUT2D eigenvalue weighted by Crippen LogP contribution is -2.41. The van der Waals surface area contributed by atoms with Crippen molar-refractivity contribution in [3.05, 3.63) is 51.1 Å². The molecule has 0 bridgehead atoms. The first kappa shape index (κ1) is 19.3. The summed E-state index contributed by atoms with van der Waals surface area (Å²) in [6.45, 7) is 10.5. The van der Waals surface area contributed by atoms with Crippen LogP contribution in [0, 0.1) is 20.8 Å². The molecule has 0 atom stereocenters. The monoisotopic (exact) mass is 370 g/mol. The standard InChI is InChI=1S/C20H26N4O3/c1-13-10-14(2)18(15(3)11-13)16-12-17(23-20(26)22-16)19(25)21-4-5-24-6-8-27-9-7-24/h10-12H,4-9H2,1-3H3,(H,21,25)(H,22,23,26). The van der Waals surface area contributed by atoms with E-state index < -0.39 is 5.69 Å². The summed E-state index contributed by atoms with van der Waals surface area (Å²) in [6, 6.07) is 5.75. The van der Waals surface area contributed by atoms with Crippen molar-refractivity contribution >= 4 is 5.91 Å². The van der Waals surface area contributed by atoms with Gasteiger partial charge in [-0.3, -0.25) is 9.69 Å². The van der Waals surface area contributed by atoms with Crippen LogP contribution >= 0.6 is 0 Å². The topological polar surface area (TPSA) is 87.3 Å². The maximum Gasteiger partial charge on any atom is 0.346 e. The van der Waals surface area contributed by atoms with Gasteiger partial charge in [0, 0.05) is 31.7 Å². The summed E-state index contributed by atoms with van der Waals surface area (Å²) in [6.07, 6.45) is 0. The minimum atomic E-state index is -0.523. The second-order valence-electron chi connectivity index (χ2n) is 6.97. The Hall–Kier alpha value is -2.51. The number of nitrogens with one attached hydrogen (secondary N) is 2. The Morgan fingerprint density at radius 1 is 1.19 bits per heavy atom. The third-order valence-corrected chi connectivity index (χ3v) is 4.74. The molecule has 0 radical (unpaired) electrons. The molecule has 1 amide bonds. The molecular formula is C20H26N4O3. The lowest BCUT2D eigenvalue weighted by molar-refractivity contribution is 0.0383. The van der Waals surface area contributed by atoms with Crippen LogP contribution in [0.15, 0.2) is 23.0 Å². The fraction of sp³-hybridized carbons (Fsp3) is 0.450. The molecule has 0 saturated carbocycles. The van der Waals surface area contributed by atoms with Gasteiger partial charge in [-0.15, -0.1) is 0 Å². The molecule has 1 aliphatic rings. The number of H-pyrrole nitrogens is 1. The fourth-order valence-electron chi connectivity index (χ4n) is 3.54. The zero-order valence-corrected chi connectivity index (χ0v) is 16.1. The van der Waals surface area contributed by atoms with Crippen LogP contribution in [0.4, 0.5) is 0 Å². The van der Waals surface area contributed by atoms with Gasteiger partial charge < -0.3 is 15.0 Å². The number of morpholine rings is 1. The van der Waals surface area contributed by atoms with Crippen LogP contribution in [0.1, 0.15) is 27.2 Å². The lowest BCUT2D eigenvalue weighted by atomic mass is 9.97. The second kappa shape index (κ2) is 8.45. The zero-order chi connectivity index (χ0) is 19.4. The molecule has 27 heavy (non-hydrogen) atoms. The van der Waals surface area contributed by atoms with E-state index in [4.69, 9.17) is 4.74 Å². The highest BCUT2D eigenvalue weighted by Gasteiger charge is 2.15. The quantitative estimate of drug-likeness (QED) is 0.831. The largest absolute Gasteiger partial charge is 0.379 e. The predicted molar refractivity (Wildman–Crippen MR) is 104 cm³/mol. The first-order valence-corrected chi connectivity index (χ1v) is 9.22. The predicted octanol–water partition coefficient (Wildman–Crippen LogP) is 1.42. The van der Waals surface area contributed by atoms with Crippen molar-refractivity contribution in [3.8, 4) is 11.3 Å². The molecule has 7 heteroatoms. The van der Waals surface area contributed by atoms with E-state index in [0.717, 1.165) is 55.1 Å². The van der Waals surface area contributed by atoms with E-state index in [1.165, 1.54) is 0 Å². The third kappa shape index (κ3) is 4.81. The first-order valence-electron chi connectivity index (χ1n) is 9.22. The molecule has 2 N–H and O–H groups in total. The molecule has 2 aromatic rings. The van der Waals surface area contributed by atoms with Crippen LogP contribution in [-0.2, 0) is 4.74 Å². The van der Waals surface area contributed by atoms with E-state index in [1.807, 2.05) is 32.9 Å². The summed E-state index contributed by atoms with van der Waals surface area (Å²) in [7, 11) is 0. The van der Waals surface area contributed by atoms with Gasteiger partial charge in [0.25, 0.3) is 5.91 Å². The molecule has 1 saturated heterocycles. The SMILES string of the molecule is Cc1cc(C)c(-c2cc(C(=O)NCCN3CCOCC3)[nH]c(=O)n2)c(C)c1. The van der Waals surface area contributed by atoms with Crippen molar-refractivity contribution in [1.29, 1.82) is 0 Å². The Labute approximate surface area is 158 Å². The van der Waals surface area contributed by atoms with Gasteiger partial charge in [-0.1, -0.05) is 17.7 Å². The highest BCUT2D eigenvalue weighted by atomic mass is 16.5. The minimum absolute atomic E-state index is 0.228. The first-order chi connectivity index (χ1) is 12.9. The number of nitrogens with zero attached hydrogens (tertiary/aromatic N) is 2. The molecule has 1 fully saturated rings. The van der Waals surface area contributed by atoms with E-state index in [0.29, 0.717) is 12.2 Å². The van der Waals surface area contributed by atoms with Crippen molar-refractivity contribution in [1.82, 2.24) is 20.2 Å². The number of aromatic amines is 1. The van der Waals surface area contributed by atoms with E-state index >= 15 is 0 Å². The second-order valence-corrected chi connectivity index (χ2v) is 6.97. The number of aromatic nitrogens is 2. The number of benzene rings is 1. The molecule has 1 aromatic heterocycles. The van der Waals surface area contributed by atoms with Crippen LogP contribution in [0.3, 0.4) is 0 Å². The number of rotatable bonds is 5. The molecule has 0 unspecified atom stereocenters. The van der Waals surface area contributed by atoms with Crippen molar-refractivity contribution in [2.24, 2.45) is 0 Å². The molecule has 1 aromatic carbocycles. The summed E-state index contributed by atoms with van der Waals surface area (Å²) < 4.78 is 5.32. The van der Waals surface area contributed by atoms with Gasteiger partial charge in [0.1, 0.15) is 5.69 Å². The summed E-state index contributed by atoms with van der Waals surface area (Å²) in [5.74, 6) is -0.300. The van der Waals surface area contributed by atoms with Gasteiger partial charge in [0.05, 0.1) is 18.9 Å². The summed E-state index contributed by atoms with van der Waals surface area (Å²) in [5.41, 5.74) is 4.34. The highest BCUT2D eigenvalue weighted by Crippen LogP contribution is 2.26. The van der Waals surface area contributed by atoms with Crippen LogP contribution < -0.4 is 11.0 Å². The van der Waals surface area contributed by atoms with Crippen LogP contribution in [-0.4, -0.2) is 60.2 Å². The van der Waals surface area contributed by atoms with Crippen molar-refractivity contribution in [2.45, 2.75) is 20.8 Å². The highest BCUT2D eigenvalue weighted by molar-refractivity contribution is 5.93. The number of hydrogen-bond donors (Lipinski definition) is 2. The van der Waals surface area contributed by atoms with Crippen LogP contribution in [0.2, 0.25) is 0 Å². The van der Waals surface area contributed by atoms with E-state index in [1.54, 1.807) is 6.07 Å². The number of amides is 1. The van der Waals surface area contributed by atoms with Gasteiger partial charge in [-0.25, -0.2) is 4.79 Å². The van der Waals surface area contributed by atoms with Crippen LogP contribution in [0.25, 0.3) is 11.3 Å². The zero-order valence-electron chi connectivity index (χ0n) is 16.1. The number of carbonyl (C=O) groups is 1. The van der Waals surface area contributed by atoms with E-state index in [2.05, 4.69) is 20.2 Å². The lowest BCUT2D eigenvalue weighted by Gasteiger charge is -2.26. The van der Waals surface area contributed by atoms with Gasteiger partial charge in [0.15, 0.2) is 0 Å². The minimum Gasteiger partial charge on any atom is -0.379 e. The van der Waals surface area contributed by atoms with Gasteiger partial charge in [0.2, 0.25) is 0 Å². The maximum absolute atomic E-state index is 12.5. The summed E-state index contributed by atoms with van der Waals surface area (Å²) in [5, 5.41) is 2.87. The third-order valence-electron chi connectivity index (χ3n) is 4.74. The Balaban J connectivity index is 1.75. The van der Waals surface area contributed by atoms with E-state index in [-0.39, 0.29) is 11.6 Å². The number of aryl methyl sites for hydroxylation is 3. The van der Waals surface area contributed by atoms with Gasteiger partial charge in [-0.05, 0) is 38.0 Å². The number of hydrogen-bond acceptors (Lipinski definition) is 5. The summed E-state index contributed by atoms with van der Waals surface area (Å²) in [4.78, 5) is 33.4. The molecule has 2 heterocycles. The van der Waals surface area contributed by atoms with Crippen molar-refractivity contribution in [2.75, 3.05) is 39.4 Å².